The van der Waals surface area contributed by atoms with Gasteiger partial charge in [-0.3, -0.25) is 5.01 Å². The van der Waals surface area contributed by atoms with E-state index in [4.69, 9.17) is 5.73 Å². The average Bonchev–Trinajstić information content (AvgIpc) is 3.00. The Morgan fingerprint density at radius 3 is 2.80 bits per heavy atom. The van der Waals surface area contributed by atoms with Crippen LogP contribution in [0.4, 0.5) is 0 Å². The van der Waals surface area contributed by atoms with Crippen molar-refractivity contribution in [3.63, 3.8) is 0 Å². The number of nitrogens with zero attached hydrogens (tertiary/aromatic N) is 3. The number of fused-ring (bicyclic) bond motifs is 1. The van der Waals surface area contributed by atoms with E-state index < -0.39 is 0 Å². The lowest BCUT2D eigenvalue weighted by Gasteiger charge is -2.33. The molecular formula is C11H20N4. The summed E-state index contributed by atoms with van der Waals surface area (Å²) in [6, 6.07) is 1.84. The second kappa shape index (κ2) is 3.74. The molecule has 0 saturated heterocycles. The van der Waals surface area contributed by atoms with Crippen molar-refractivity contribution in [2.24, 2.45) is 22.0 Å². The normalized spacial score (nSPS) is 39.5. The number of nitrogens with two attached hydrogens (primary N) is 1. The third kappa shape index (κ3) is 1.75. The summed E-state index contributed by atoms with van der Waals surface area (Å²) in [5.41, 5.74) is 5.64. The van der Waals surface area contributed by atoms with Crippen molar-refractivity contribution in [3.8, 4) is 0 Å². The van der Waals surface area contributed by atoms with E-state index in [9.17, 15) is 0 Å². The molecule has 15 heavy (non-hydrogen) atoms. The second-order valence-corrected chi connectivity index (χ2v) is 5.21. The molecule has 0 aromatic heterocycles. The molecule has 4 nitrogen and oxygen atoms in total. The Labute approximate surface area is 90.9 Å². The highest BCUT2D eigenvalue weighted by Crippen LogP contribution is 2.40. The summed E-state index contributed by atoms with van der Waals surface area (Å²) in [5, 5.41) is 11.1. The summed E-state index contributed by atoms with van der Waals surface area (Å²) in [6.45, 7) is 0.833. The van der Waals surface area contributed by atoms with Gasteiger partial charge in [-0.1, -0.05) is 5.22 Å². The van der Waals surface area contributed by atoms with E-state index in [0.717, 1.165) is 18.5 Å². The second-order valence-electron chi connectivity index (χ2n) is 5.21. The van der Waals surface area contributed by atoms with Crippen LogP contribution >= 0.6 is 0 Å². The van der Waals surface area contributed by atoms with Crippen LogP contribution in [0.25, 0.3) is 0 Å². The standard InChI is InChI=1S/C11H20N4/c12-6-5-8-1-4-10-11(7-8)15(14-13-10)9-2-3-9/h8-11H,1-7,12H2. The highest BCUT2D eigenvalue weighted by atomic mass is 15.6. The lowest BCUT2D eigenvalue weighted by Crippen LogP contribution is -2.41. The molecule has 1 aliphatic heterocycles. The molecule has 0 aromatic carbocycles. The van der Waals surface area contributed by atoms with Crippen LogP contribution in [-0.4, -0.2) is 29.7 Å². The minimum absolute atomic E-state index is 0.500. The molecule has 0 aromatic rings. The molecule has 2 aliphatic carbocycles. The summed E-state index contributed by atoms with van der Waals surface area (Å²) >= 11 is 0. The summed E-state index contributed by atoms with van der Waals surface area (Å²) in [4.78, 5) is 0. The highest BCUT2D eigenvalue weighted by Gasteiger charge is 2.43. The zero-order valence-electron chi connectivity index (χ0n) is 9.18. The third-order valence-electron chi connectivity index (χ3n) is 4.03. The van der Waals surface area contributed by atoms with Crippen LogP contribution < -0.4 is 5.73 Å². The van der Waals surface area contributed by atoms with Crippen molar-refractivity contribution < 1.29 is 0 Å². The van der Waals surface area contributed by atoms with Crippen LogP contribution in [0.5, 0.6) is 0 Å². The van der Waals surface area contributed by atoms with Crippen LogP contribution in [0.3, 0.4) is 0 Å². The molecule has 3 aliphatic rings. The fraction of sp³-hybridized carbons (Fsp3) is 1.00. The Hall–Kier alpha value is -0.640. The molecule has 0 bridgehead atoms. The topological polar surface area (TPSA) is 54.0 Å². The van der Waals surface area contributed by atoms with Gasteiger partial charge in [-0.2, -0.15) is 5.11 Å². The van der Waals surface area contributed by atoms with Crippen molar-refractivity contribution in [2.45, 2.75) is 56.7 Å². The summed E-state index contributed by atoms with van der Waals surface area (Å²) in [6.07, 6.45) is 7.62. The predicted molar refractivity (Wildman–Crippen MR) is 58.3 cm³/mol. The maximum atomic E-state index is 5.64. The van der Waals surface area contributed by atoms with Crippen molar-refractivity contribution >= 4 is 0 Å². The monoisotopic (exact) mass is 208 g/mol. The fourth-order valence-corrected chi connectivity index (χ4v) is 3.01. The van der Waals surface area contributed by atoms with Gasteiger partial charge < -0.3 is 5.73 Å². The first-order chi connectivity index (χ1) is 7.38. The molecule has 2 N–H and O–H groups in total. The van der Waals surface area contributed by atoms with E-state index in [-0.39, 0.29) is 0 Å². The minimum Gasteiger partial charge on any atom is -0.330 e. The third-order valence-corrected chi connectivity index (χ3v) is 4.03. The molecule has 84 valence electrons. The quantitative estimate of drug-likeness (QED) is 0.767. The molecule has 0 spiro atoms. The van der Waals surface area contributed by atoms with Gasteiger partial charge in [0.05, 0.1) is 12.1 Å². The van der Waals surface area contributed by atoms with Gasteiger partial charge in [0.25, 0.3) is 0 Å². The Balaban J connectivity index is 1.64. The zero-order chi connectivity index (χ0) is 10.3. The smallest absolute Gasteiger partial charge is 0.0950 e. The zero-order valence-corrected chi connectivity index (χ0v) is 9.18. The molecule has 2 fully saturated rings. The van der Waals surface area contributed by atoms with Crippen LogP contribution in [-0.2, 0) is 0 Å². The van der Waals surface area contributed by atoms with Crippen LogP contribution in [0.1, 0.15) is 38.5 Å². The van der Waals surface area contributed by atoms with Gasteiger partial charge >= 0.3 is 0 Å². The summed E-state index contributed by atoms with van der Waals surface area (Å²) in [7, 11) is 0. The SMILES string of the molecule is NCCC1CCC2N=NN(C3CC3)C2C1. The van der Waals surface area contributed by atoms with Crippen LogP contribution in [0, 0.1) is 5.92 Å². The van der Waals surface area contributed by atoms with Crippen LogP contribution in [0.2, 0.25) is 0 Å². The molecule has 0 radical (unpaired) electrons. The van der Waals surface area contributed by atoms with Crippen LogP contribution in [0.15, 0.2) is 10.3 Å². The van der Waals surface area contributed by atoms with Gasteiger partial charge in [-0.15, -0.1) is 0 Å². The van der Waals surface area contributed by atoms with E-state index in [0.29, 0.717) is 12.1 Å². The largest absolute Gasteiger partial charge is 0.330 e. The van der Waals surface area contributed by atoms with Gasteiger partial charge in [0.15, 0.2) is 0 Å². The van der Waals surface area contributed by atoms with Crippen molar-refractivity contribution in [2.75, 3.05) is 6.54 Å². The molecule has 3 atom stereocenters. The van der Waals surface area contributed by atoms with Gasteiger partial charge in [0.1, 0.15) is 0 Å². The molecule has 3 unspecified atom stereocenters. The lowest BCUT2D eigenvalue weighted by atomic mass is 9.81. The first-order valence-electron chi connectivity index (χ1n) is 6.27. The van der Waals surface area contributed by atoms with Gasteiger partial charge in [0.2, 0.25) is 0 Å². The maximum Gasteiger partial charge on any atom is 0.0950 e. The van der Waals surface area contributed by atoms with E-state index in [2.05, 4.69) is 15.3 Å². The molecular weight excluding hydrogens is 188 g/mol. The minimum atomic E-state index is 0.500. The molecule has 3 rings (SSSR count). The molecule has 2 saturated carbocycles. The van der Waals surface area contributed by atoms with E-state index >= 15 is 0 Å². The molecule has 1 heterocycles. The van der Waals surface area contributed by atoms with Gasteiger partial charge in [0, 0.05) is 6.04 Å². The van der Waals surface area contributed by atoms with Crippen molar-refractivity contribution in [1.29, 1.82) is 0 Å². The maximum absolute atomic E-state index is 5.64. The average molecular weight is 208 g/mol. The Bertz CT molecular complexity index is 261. The number of hydrogen-bond donors (Lipinski definition) is 1. The van der Waals surface area contributed by atoms with E-state index in [1.165, 1.54) is 38.5 Å². The molecule has 4 heteroatoms. The van der Waals surface area contributed by atoms with Crippen molar-refractivity contribution in [1.82, 2.24) is 5.01 Å². The van der Waals surface area contributed by atoms with Gasteiger partial charge in [-0.05, 0) is 51.0 Å². The summed E-state index contributed by atoms with van der Waals surface area (Å²) < 4.78 is 0. The Morgan fingerprint density at radius 2 is 2.07 bits per heavy atom. The lowest BCUT2D eigenvalue weighted by molar-refractivity contribution is 0.143. The highest BCUT2D eigenvalue weighted by molar-refractivity contribution is 4.97. The Morgan fingerprint density at radius 1 is 1.20 bits per heavy atom. The molecule has 0 amide bonds. The number of rotatable bonds is 3. The van der Waals surface area contributed by atoms with E-state index in [1.54, 1.807) is 0 Å². The predicted octanol–water partition coefficient (Wildman–Crippen LogP) is 1.72. The van der Waals surface area contributed by atoms with Crippen molar-refractivity contribution in [3.05, 3.63) is 0 Å². The Kier molecular flexibility index (Phi) is 2.39. The fourth-order valence-electron chi connectivity index (χ4n) is 3.01. The summed E-state index contributed by atoms with van der Waals surface area (Å²) in [5.74, 6) is 0.820. The first kappa shape index (κ1) is 9.58. The number of hydrogen-bond acceptors (Lipinski definition) is 4. The first-order valence-corrected chi connectivity index (χ1v) is 6.27. The van der Waals surface area contributed by atoms with Gasteiger partial charge in [-0.25, -0.2) is 0 Å². The van der Waals surface area contributed by atoms with E-state index in [1.807, 2.05) is 0 Å².